The summed E-state index contributed by atoms with van der Waals surface area (Å²) < 4.78 is 0. The molecule has 0 atom stereocenters. The van der Waals surface area contributed by atoms with Gasteiger partial charge in [-0.05, 0) is 0 Å². The van der Waals surface area contributed by atoms with E-state index in [2.05, 4.69) is 0 Å². The van der Waals surface area contributed by atoms with Crippen LogP contribution in [0.4, 0.5) is 0 Å². The van der Waals surface area contributed by atoms with E-state index >= 15 is 0 Å². The molecule has 9 N–H and O–H groups in total. The molecule has 7 heteroatoms. The standard InChI is InChI=1S/3Ag.3H3N.N/h;;;3*1H3;/q3*+1;;;;-3. The molecule has 0 fully saturated rings. The Morgan fingerprint density at radius 3 is 0.429 bits per heavy atom. The van der Waals surface area contributed by atoms with E-state index in [1.54, 1.807) is 0 Å². The summed E-state index contributed by atoms with van der Waals surface area (Å²) in [5.41, 5.74) is 0. The molecule has 0 bridgehead atoms. The van der Waals surface area contributed by atoms with Crippen LogP contribution in [-0.2, 0) is 67.1 Å². The van der Waals surface area contributed by atoms with Gasteiger partial charge in [0.15, 0.2) is 0 Å². The van der Waals surface area contributed by atoms with Crippen molar-refractivity contribution in [2.24, 2.45) is 0 Å². The van der Waals surface area contributed by atoms with Crippen LogP contribution in [0.2, 0.25) is 0 Å². The van der Waals surface area contributed by atoms with Gasteiger partial charge < -0.3 is 24.6 Å². The van der Waals surface area contributed by atoms with E-state index in [0.717, 1.165) is 0 Å². The van der Waals surface area contributed by atoms with E-state index in [-0.39, 0.29) is 91.7 Å². The molecule has 0 aromatic carbocycles. The molecular weight excluding hydrogens is 380 g/mol. The molecule has 0 rings (SSSR count). The van der Waals surface area contributed by atoms with Crippen LogP contribution in [0.1, 0.15) is 0 Å². The first kappa shape index (κ1) is 139. The predicted molar refractivity (Wildman–Crippen MR) is 18.4 cm³/mol. The average Bonchev–Trinajstić information content (AvgIpc) is 0. The normalized spacial score (nSPS) is 0. The van der Waals surface area contributed by atoms with Crippen LogP contribution in [-0.4, -0.2) is 0 Å². The molecule has 0 aromatic rings. The smallest absolute Gasteiger partial charge is 1.00 e. The topological polar surface area (TPSA) is 136 Å². The minimum Gasteiger partial charge on any atom is -3.00 e. The molecule has 0 aliphatic heterocycles. The van der Waals surface area contributed by atoms with Gasteiger partial charge in [0, 0.05) is 0 Å². The summed E-state index contributed by atoms with van der Waals surface area (Å²) in [6, 6.07) is 0. The minimum atomic E-state index is 0. The third kappa shape index (κ3) is 69.7. The summed E-state index contributed by atoms with van der Waals surface area (Å²) in [5.74, 6) is 0. The first-order valence-corrected chi connectivity index (χ1v) is 0. The summed E-state index contributed by atoms with van der Waals surface area (Å²) in [4.78, 5) is 0. The van der Waals surface area contributed by atoms with E-state index in [0.29, 0.717) is 0 Å². The van der Waals surface area contributed by atoms with Crippen molar-refractivity contribution in [3.8, 4) is 0 Å². The van der Waals surface area contributed by atoms with Gasteiger partial charge in [-0.2, -0.15) is 0 Å². The van der Waals surface area contributed by atoms with E-state index in [4.69, 9.17) is 0 Å². The van der Waals surface area contributed by atoms with E-state index < -0.39 is 0 Å². The zero-order valence-corrected chi connectivity index (χ0v) is 7.92. The Balaban J connectivity index is 0. The van der Waals surface area contributed by atoms with Crippen molar-refractivity contribution >= 4 is 0 Å². The summed E-state index contributed by atoms with van der Waals surface area (Å²) in [5, 5.41) is 0. The molecule has 4 nitrogen and oxygen atoms in total. The second-order valence-corrected chi connectivity index (χ2v) is 0. The Morgan fingerprint density at radius 1 is 0.429 bits per heavy atom. The Kier molecular flexibility index (Phi) is 1870. The number of hydrogen-bond acceptors (Lipinski definition) is 3. The van der Waals surface area contributed by atoms with Gasteiger partial charge in [0.1, 0.15) is 0 Å². The molecule has 0 aromatic heterocycles. The third-order valence-corrected chi connectivity index (χ3v) is 0. The molecule has 0 aliphatic rings. The van der Waals surface area contributed by atoms with E-state index in [1.807, 2.05) is 0 Å². The molecular formula is H9Ag3N4. The van der Waals surface area contributed by atoms with Crippen molar-refractivity contribution in [3.63, 3.8) is 0 Å². The van der Waals surface area contributed by atoms with Gasteiger partial charge in [0.25, 0.3) is 0 Å². The van der Waals surface area contributed by atoms with Gasteiger partial charge in [-0.25, -0.2) is 0 Å². The summed E-state index contributed by atoms with van der Waals surface area (Å²) in [6.45, 7) is 0. The molecule has 0 saturated carbocycles. The molecule has 7 heavy (non-hydrogen) atoms. The molecule has 0 spiro atoms. The van der Waals surface area contributed by atoms with Crippen LogP contribution in [0.3, 0.4) is 0 Å². The maximum Gasteiger partial charge on any atom is 1.00 e. The fourth-order valence-corrected chi connectivity index (χ4v) is 0. The fraction of sp³-hybridized carbons (Fsp3) is 0. The van der Waals surface area contributed by atoms with Gasteiger partial charge in [0.2, 0.25) is 0 Å². The van der Waals surface area contributed by atoms with Gasteiger partial charge in [-0.15, -0.1) is 0 Å². The van der Waals surface area contributed by atoms with Crippen LogP contribution in [0.25, 0.3) is 6.15 Å². The van der Waals surface area contributed by atoms with Crippen LogP contribution in [0.15, 0.2) is 0 Å². The molecule has 0 radical (unpaired) electrons. The first-order valence-electron chi connectivity index (χ1n) is 0. The average molecular weight is 389 g/mol. The van der Waals surface area contributed by atoms with Crippen LogP contribution in [0.5, 0.6) is 0 Å². The SMILES string of the molecule is N.N.N.[Ag+].[Ag+].[Ag+].[N-3]. The van der Waals surface area contributed by atoms with Crippen molar-refractivity contribution in [1.29, 1.82) is 0 Å². The Labute approximate surface area is 90.8 Å². The Hall–Kier alpha value is 2.06. The van der Waals surface area contributed by atoms with Crippen molar-refractivity contribution in [2.45, 2.75) is 0 Å². The molecule has 0 aliphatic carbocycles. The Bertz CT molecular complexity index is 6.90. The zero-order chi connectivity index (χ0) is 0. The molecule has 0 saturated heterocycles. The second kappa shape index (κ2) is 94.6. The van der Waals surface area contributed by atoms with Crippen molar-refractivity contribution < 1.29 is 67.1 Å². The van der Waals surface area contributed by atoms with Crippen molar-refractivity contribution in [2.75, 3.05) is 0 Å². The molecule has 62 valence electrons. The number of hydrogen-bond donors (Lipinski definition) is 3. The number of rotatable bonds is 0. The maximum absolute atomic E-state index is 0. The van der Waals surface area contributed by atoms with Crippen LogP contribution in [0, 0.1) is 0 Å². The second-order valence-electron chi connectivity index (χ2n) is 0. The summed E-state index contributed by atoms with van der Waals surface area (Å²) >= 11 is 0. The quantitative estimate of drug-likeness (QED) is 0.529. The number of nitrogens with zero attached hydrogens (tertiary/aromatic N) is 1. The van der Waals surface area contributed by atoms with Gasteiger partial charge in [0.05, 0.1) is 0 Å². The van der Waals surface area contributed by atoms with E-state index in [9.17, 15) is 0 Å². The fourth-order valence-electron chi connectivity index (χ4n) is 0. The van der Waals surface area contributed by atoms with Crippen LogP contribution >= 0.6 is 0 Å². The van der Waals surface area contributed by atoms with Crippen LogP contribution < -0.4 is 18.5 Å². The summed E-state index contributed by atoms with van der Waals surface area (Å²) in [7, 11) is 0. The predicted octanol–water partition coefficient (Wildman–Crippen LogP) is 0.767. The summed E-state index contributed by atoms with van der Waals surface area (Å²) in [6.07, 6.45) is 0. The molecule has 0 unspecified atom stereocenters. The van der Waals surface area contributed by atoms with Gasteiger partial charge in [-0.3, -0.25) is 0 Å². The van der Waals surface area contributed by atoms with Crippen molar-refractivity contribution in [1.82, 2.24) is 18.5 Å². The monoisotopic (exact) mass is 386 g/mol. The first-order chi connectivity index (χ1) is 0. The largest absolute Gasteiger partial charge is 3.00 e. The Morgan fingerprint density at radius 2 is 0.429 bits per heavy atom. The third-order valence-electron chi connectivity index (χ3n) is 0. The zero-order valence-electron chi connectivity index (χ0n) is 3.47. The minimum absolute atomic E-state index is 0. The van der Waals surface area contributed by atoms with Crippen molar-refractivity contribution in [3.05, 3.63) is 6.15 Å². The van der Waals surface area contributed by atoms with Gasteiger partial charge in [-0.1, -0.05) is 0 Å². The maximum atomic E-state index is 0. The van der Waals surface area contributed by atoms with Gasteiger partial charge >= 0.3 is 67.1 Å². The molecule has 0 amide bonds. The van der Waals surface area contributed by atoms with E-state index in [1.165, 1.54) is 0 Å². The molecule has 0 heterocycles.